The first kappa shape index (κ1) is 10.9. The maximum absolute atomic E-state index is 6.07. The minimum Gasteiger partial charge on any atom is -0.243 e. The van der Waals surface area contributed by atoms with Crippen molar-refractivity contribution in [3.05, 3.63) is 39.6 Å². The highest BCUT2D eigenvalue weighted by atomic mass is 79.9. The van der Waals surface area contributed by atoms with Gasteiger partial charge in [0.15, 0.2) is 0 Å². The monoisotopic (exact) mass is 283 g/mol. The topological polar surface area (TPSA) is 12.9 Å². The Labute approximate surface area is 103 Å². The van der Waals surface area contributed by atoms with Crippen LogP contribution in [0.2, 0.25) is 5.15 Å². The van der Waals surface area contributed by atoms with Gasteiger partial charge in [0.2, 0.25) is 0 Å². The lowest BCUT2D eigenvalue weighted by atomic mass is 10.0. The average molecular weight is 285 g/mol. The summed E-state index contributed by atoms with van der Waals surface area (Å²) in [5, 5.41) is 2.69. The molecular formula is C12H11BrClN. The summed E-state index contributed by atoms with van der Waals surface area (Å²) < 4.78 is 0.984. The van der Waals surface area contributed by atoms with Crippen LogP contribution in [0.25, 0.3) is 10.8 Å². The number of rotatable bonds is 1. The fourth-order valence-electron chi connectivity index (χ4n) is 1.55. The Bertz CT molecular complexity index is 508. The van der Waals surface area contributed by atoms with Crippen LogP contribution in [-0.2, 0) is 0 Å². The molecule has 15 heavy (non-hydrogen) atoms. The molecule has 2 aromatic rings. The Morgan fingerprint density at radius 2 is 2.00 bits per heavy atom. The van der Waals surface area contributed by atoms with E-state index < -0.39 is 0 Å². The molecule has 0 aliphatic carbocycles. The fourth-order valence-corrected chi connectivity index (χ4v) is 2.21. The Morgan fingerprint density at radius 3 is 2.67 bits per heavy atom. The number of pyridine rings is 1. The van der Waals surface area contributed by atoms with Gasteiger partial charge in [-0.25, -0.2) is 4.98 Å². The van der Waals surface area contributed by atoms with Gasteiger partial charge in [0.25, 0.3) is 0 Å². The van der Waals surface area contributed by atoms with E-state index in [0.717, 1.165) is 15.2 Å². The van der Waals surface area contributed by atoms with Crippen LogP contribution in [0.5, 0.6) is 0 Å². The summed E-state index contributed by atoms with van der Waals surface area (Å²) in [4.78, 5) is 4.13. The quantitative estimate of drug-likeness (QED) is 0.687. The largest absolute Gasteiger partial charge is 0.243 e. The molecule has 0 aliphatic rings. The van der Waals surface area contributed by atoms with Gasteiger partial charge >= 0.3 is 0 Å². The minimum atomic E-state index is 0.504. The highest BCUT2D eigenvalue weighted by Gasteiger charge is 2.06. The smallest absolute Gasteiger partial charge is 0.136 e. The zero-order valence-corrected chi connectivity index (χ0v) is 10.9. The van der Waals surface area contributed by atoms with Crippen molar-refractivity contribution < 1.29 is 0 Å². The third-order valence-electron chi connectivity index (χ3n) is 2.48. The van der Waals surface area contributed by atoms with Crippen molar-refractivity contribution in [2.24, 2.45) is 0 Å². The van der Waals surface area contributed by atoms with E-state index in [4.69, 9.17) is 11.6 Å². The molecule has 1 heterocycles. The van der Waals surface area contributed by atoms with Crippen molar-refractivity contribution in [1.29, 1.82) is 0 Å². The van der Waals surface area contributed by atoms with E-state index >= 15 is 0 Å². The average Bonchev–Trinajstić information content (AvgIpc) is 2.23. The SMILES string of the molecule is CC(C)c1ccc2c(Br)cnc(Cl)c2c1. The van der Waals surface area contributed by atoms with Gasteiger partial charge in [0.05, 0.1) is 0 Å². The molecule has 0 bridgehead atoms. The second-order valence-corrected chi connectivity index (χ2v) is 5.07. The molecule has 1 nitrogen and oxygen atoms in total. The lowest BCUT2D eigenvalue weighted by Gasteiger charge is -2.08. The molecule has 0 N–H and O–H groups in total. The van der Waals surface area contributed by atoms with Gasteiger partial charge in [-0.05, 0) is 33.5 Å². The van der Waals surface area contributed by atoms with Crippen LogP contribution >= 0.6 is 27.5 Å². The molecule has 3 heteroatoms. The zero-order valence-electron chi connectivity index (χ0n) is 8.59. The highest BCUT2D eigenvalue weighted by molar-refractivity contribution is 9.10. The fraction of sp³-hybridized carbons (Fsp3) is 0.250. The first-order chi connectivity index (χ1) is 7.09. The molecule has 78 valence electrons. The van der Waals surface area contributed by atoms with E-state index in [1.165, 1.54) is 5.56 Å². The Kier molecular flexibility index (Phi) is 2.98. The number of hydrogen-bond donors (Lipinski definition) is 0. The van der Waals surface area contributed by atoms with Crippen LogP contribution in [0.1, 0.15) is 25.3 Å². The van der Waals surface area contributed by atoms with Crippen LogP contribution < -0.4 is 0 Å². The summed E-state index contributed by atoms with van der Waals surface area (Å²) in [7, 11) is 0. The van der Waals surface area contributed by atoms with Gasteiger partial charge in [0, 0.05) is 21.4 Å². The van der Waals surface area contributed by atoms with Crippen molar-refractivity contribution in [1.82, 2.24) is 4.98 Å². The van der Waals surface area contributed by atoms with Crippen LogP contribution in [-0.4, -0.2) is 4.98 Å². The van der Waals surface area contributed by atoms with Crippen LogP contribution in [0.15, 0.2) is 28.9 Å². The second-order valence-electron chi connectivity index (χ2n) is 3.86. The number of fused-ring (bicyclic) bond motifs is 1. The van der Waals surface area contributed by atoms with E-state index in [9.17, 15) is 0 Å². The molecule has 0 spiro atoms. The Hall–Kier alpha value is -0.600. The first-order valence-electron chi connectivity index (χ1n) is 4.83. The van der Waals surface area contributed by atoms with Crippen molar-refractivity contribution in [2.45, 2.75) is 19.8 Å². The summed E-state index contributed by atoms with van der Waals surface area (Å²) in [6.45, 7) is 4.33. The molecule has 0 aliphatic heterocycles. The van der Waals surface area contributed by atoms with E-state index in [1.54, 1.807) is 6.20 Å². The molecule has 0 fully saturated rings. The van der Waals surface area contributed by atoms with Gasteiger partial charge in [-0.1, -0.05) is 37.6 Å². The van der Waals surface area contributed by atoms with Gasteiger partial charge in [-0.3, -0.25) is 0 Å². The number of hydrogen-bond acceptors (Lipinski definition) is 1. The molecular weight excluding hydrogens is 273 g/mol. The van der Waals surface area contributed by atoms with Gasteiger partial charge in [-0.15, -0.1) is 0 Å². The van der Waals surface area contributed by atoms with Gasteiger partial charge in [-0.2, -0.15) is 0 Å². The summed E-state index contributed by atoms with van der Waals surface area (Å²) in [6.07, 6.45) is 1.74. The summed E-state index contributed by atoms with van der Waals surface area (Å²) >= 11 is 9.55. The zero-order chi connectivity index (χ0) is 11.0. The van der Waals surface area contributed by atoms with Crippen LogP contribution in [0, 0.1) is 0 Å². The molecule has 0 radical (unpaired) electrons. The standard InChI is InChI=1S/C12H11BrClN/c1-7(2)8-3-4-9-10(5-8)12(14)15-6-11(9)13/h3-7H,1-2H3. The lowest BCUT2D eigenvalue weighted by Crippen LogP contribution is -1.88. The third kappa shape index (κ3) is 2.01. The normalized spacial score (nSPS) is 11.3. The molecule has 0 saturated carbocycles. The summed E-state index contributed by atoms with van der Waals surface area (Å²) in [5.41, 5.74) is 1.28. The van der Waals surface area contributed by atoms with Crippen LogP contribution in [0.3, 0.4) is 0 Å². The number of halogens is 2. The predicted octanol–water partition coefficient (Wildman–Crippen LogP) is 4.77. The maximum atomic E-state index is 6.07. The van der Waals surface area contributed by atoms with E-state index in [2.05, 4.69) is 53.0 Å². The summed E-state index contributed by atoms with van der Waals surface area (Å²) in [6, 6.07) is 6.33. The van der Waals surface area contributed by atoms with Gasteiger partial charge < -0.3 is 0 Å². The Balaban J connectivity index is 2.76. The van der Waals surface area contributed by atoms with Crippen LogP contribution in [0.4, 0.5) is 0 Å². The number of nitrogens with zero attached hydrogens (tertiary/aromatic N) is 1. The molecule has 0 unspecified atom stereocenters. The van der Waals surface area contributed by atoms with Crippen molar-refractivity contribution in [3.8, 4) is 0 Å². The second kappa shape index (κ2) is 4.11. The molecule has 0 amide bonds. The van der Waals surface area contributed by atoms with Crippen molar-refractivity contribution in [2.75, 3.05) is 0 Å². The van der Waals surface area contributed by atoms with E-state index in [-0.39, 0.29) is 0 Å². The number of benzene rings is 1. The predicted molar refractivity (Wildman–Crippen MR) is 68.5 cm³/mol. The van der Waals surface area contributed by atoms with Crippen molar-refractivity contribution >= 4 is 38.3 Å². The maximum Gasteiger partial charge on any atom is 0.136 e. The molecule has 2 rings (SSSR count). The van der Waals surface area contributed by atoms with Gasteiger partial charge in [0.1, 0.15) is 5.15 Å². The lowest BCUT2D eigenvalue weighted by molar-refractivity contribution is 0.868. The Morgan fingerprint density at radius 1 is 1.27 bits per heavy atom. The first-order valence-corrected chi connectivity index (χ1v) is 6.00. The number of aromatic nitrogens is 1. The minimum absolute atomic E-state index is 0.504. The van der Waals surface area contributed by atoms with E-state index in [1.807, 2.05) is 0 Å². The van der Waals surface area contributed by atoms with E-state index in [0.29, 0.717) is 11.1 Å². The summed E-state index contributed by atoms with van der Waals surface area (Å²) in [5.74, 6) is 0.504. The molecule has 0 atom stereocenters. The third-order valence-corrected chi connectivity index (χ3v) is 3.41. The highest BCUT2D eigenvalue weighted by Crippen LogP contribution is 2.30. The molecule has 1 aromatic carbocycles. The van der Waals surface area contributed by atoms with Crippen molar-refractivity contribution in [3.63, 3.8) is 0 Å². The molecule has 0 saturated heterocycles. The molecule has 1 aromatic heterocycles.